The summed E-state index contributed by atoms with van der Waals surface area (Å²) >= 11 is 0. The largest absolute Gasteiger partial charge is 0.506 e. The van der Waals surface area contributed by atoms with Crippen molar-refractivity contribution in [1.82, 2.24) is 10.3 Å². The van der Waals surface area contributed by atoms with Crippen molar-refractivity contribution in [2.75, 3.05) is 6.54 Å². The SMILES string of the molecule is Cc1cccc(CCNCc2nc(C)ccc2O)c1. The van der Waals surface area contributed by atoms with Crippen molar-refractivity contribution < 1.29 is 5.11 Å². The summed E-state index contributed by atoms with van der Waals surface area (Å²) in [5, 5.41) is 13.0. The molecule has 1 heterocycles. The number of pyridine rings is 1. The van der Waals surface area contributed by atoms with E-state index < -0.39 is 0 Å². The monoisotopic (exact) mass is 256 g/mol. The van der Waals surface area contributed by atoms with E-state index >= 15 is 0 Å². The van der Waals surface area contributed by atoms with Crippen molar-refractivity contribution >= 4 is 0 Å². The Morgan fingerprint density at radius 1 is 1.16 bits per heavy atom. The van der Waals surface area contributed by atoms with E-state index in [-0.39, 0.29) is 5.75 Å². The van der Waals surface area contributed by atoms with E-state index in [0.29, 0.717) is 12.2 Å². The lowest BCUT2D eigenvalue weighted by molar-refractivity contribution is 0.459. The first-order chi connectivity index (χ1) is 9.15. The first-order valence-electron chi connectivity index (χ1n) is 6.57. The zero-order valence-electron chi connectivity index (χ0n) is 11.5. The lowest BCUT2D eigenvalue weighted by Gasteiger charge is -2.07. The lowest BCUT2D eigenvalue weighted by Crippen LogP contribution is -2.17. The molecule has 0 aliphatic heterocycles. The molecule has 0 aliphatic carbocycles. The van der Waals surface area contributed by atoms with Crippen LogP contribution in [0.3, 0.4) is 0 Å². The number of rotatable bonds is 5. The Bertz CT molecular complexity index is 552. The summed E-state index contributed by atoms with van der Waals surface area (Å²) < 4.78 is 0. The van der Waals surface area contributed by atoms with Gasteiger partial charge in [-0.1, -0.05) is 29.8 Å². The molecule has 0 spiro atoms. The molecular weight excluding hydrogens is 236 g/mol. The van der Waals surface area contributed by atoms with Gasteiger partial charge in [0, 0.05) is 12.2 Å². The van der Waals surface area contributed by atoms with Gasteiger partial charge < -0.3 is 10.4 Å². The number of hydrogen-bond donors (Lipinski definition) is 2. The summed E-state index contributed by atoms with van der Waals surface area (Å²) in [6, 6.07) is 12.0. The average molecular weight is 256 g/mol. The Morgan fingerprint density at radius 2 is 2.00 bits per heavy atom. The molecule has 1 aromatic carbocycles. The first kappa shape index (κ1) is 13.6. The minimum Gasteiger partial charge on any atom is -0.506 e. The fraction of sp³-hybridized carbons (Fsp3) is 0.312. The predicted molar refractivity (Wildman–Crippen MR) is 77.2 cm³/mol. The Kier molecular flexibility index (Phi) is 4.53. The van der Waals surface area contributed by atoms with E-state index in [9.17, 15) is 5.11 Å². The summed E-state index contributed by atoms with van der Waals surface area (Å²) in [6.45, 7) is 5.50. The fourth-order valence-electron chi connectivity index (χ4n) is 2.04. The van der Waals surface area contributed by atoms with E-state index in [1.54, 1.807) is 6.07 Å². The maximum atomic E-state index is 9.69. The van der Waals surface area contributed by atoms with Gasteiger partial charge in [0.15, 0.2) is 0 Å². The van der Waals surface area contributed by atoms with Crippen molar-refractivity contribution in [3.8, 4) is 5.75 Å². The first-order valence-corrected chi connectivity index (χ1v) is 6.57. The van der Waals surface area contributed by atoms with Gasteiger partial charge in [0.05, 0.1) is 5.69 Å². The molecule has 0 atom stereocenters. The van der Waals surface area contributed by atoms with Crippen LogP contribution in [-0.2, 0) is 13.0 Å². The molecule has 19 heavy (non-hydrogen) atoms. The Morgan fingerprint density at radius 3 is 2.79 bits per heavy atom. The second-order valence-corrected chi connectivity index (χ2v) is 4.83. The van der Waals surface area contributed by atoms with Gasteiger partial charge in [0.25, 0.3) is 0 Å². The Labute approximate surface area is 114 Å². The van der Waals surface area contributed by atoms with Crippen molar-refractivity contribution in [2.24, 2.45) is 0 Å². The molecular formula is C16H20N2O. The summed E-state index contributed by atoms with van der Waals surface area (Å²) in [5.41, 5.74) is 4.25. The summed E-state index contributed by atoms with van der Waals surface area (Å²) in [5.74, 6) is 0.258. The molecule has 0 saturated carbocycles. The zero-order chi connectivity index (χ0) is 13.7. The minimum atomic E-state index is 0.258. The molecule has 0 radical (unpaired) electrons. The van der Waals surface area contributed by atoms with Crippen LogP contribution in [0.15, 0.2) is 36.4 Å². The number of aromatic nitrogens is 1. The summed E-state index contributed by atoms with van der Waals surface area (Å²) in [4.78, 5) is 4.32. The second kappa shape index (κ2) is 6.34. The third-order valence-electron chi connectivity index (χ3n) is 3.05. The predicted octanol–water partition coefficient (Wildman–Crippen LogP) is 2.74. The molecule has 0 fully saturated rings. The van der Waals surface area contributed by atoms with Crippen LogP contribution >= 0.6 is 0 Å². The average Bonchev–Trinajstić information content (AvgIpc) is 2.39. The highest BCUT2D eigenvalue weighted by molar-refractivity contribution is 5.27. The molecule has 2 N–H and O–H groups in total. The van der Waals surface area contributed by atoms with Crippen LogP contribution in [-0.4, -0.2) is 16.6 Å². The highest BCUT2D eigenvalue weighted by atomic mass is 16.3. The van der Waals surface area contributed by atoms with Crippen LogP contribution in [0.2, 0.25) is 0 Å². The molecule has 1 aromatic heterocycles. The van der Waals surface area contributed by atoms with Crippen molar-refractivity contribution in [3.63, 3.8) is 0 Å². The highest BCUT2D eigenvalue weighted by Gasteiger charge is 2.02. The second-order valence-electron chi connectivity index (χ2n) is 4.83. The number of nitrogens with one attached hydrogen (secondary N) is 1. The van der Waals surface area contributed by atoms with Crippen LogP contribution < -0.4 is 5.32 Å². The smallest absolute Gasteiger partial charge is 0.138 e. The molecule has 0 amide bonds. The number of aromatic hydroxyl groups is 1. The van der Waals surface area contributed by atoms with Crippen LogP contribution in [0.25, 0.3) is 0 Å². The topological polar surface area (TPSA) is 45.2 Å². The van der Waals surface area contributed by atoms with Gasteiger partial charge in [-0.3, -0.25) is 4.98 Å². The van der Waals surface area contributed by atoms with Gasteiger partial charge in [0.1, 0.15) is 5.75 Å². The van der Waals surface area contributed by atoms with Crippen LogP contribution in [0.1, 0.15) is 22.5 Å². The van der Waals surface area contributed by atoms with Gasteiger partial charge in [-0.15, -0.1) is 0 Å². The van der Waals surface area contributed by atoms with Crippen molar-refractivity contribution in [1.29, 1.82) is 0 Å². The summed E-state index contributed by atoms with van der Waals surface area (Å²) in [6.07, 6.45) is 0.980. The highest BCUT2D eigenvalue weighted by Crippen LogP contribution is 2.14. The number of aryl methyl sites for hydroxylation is 2. The Balaban J connectivity index is 1.82. The fourth-order valence-corrected chi connectivity index (χ4v) is 2.04. The van der Waals surface area contributed by atoms with E-state index in [2.05, 4.69) is 41.5 Å². The van der Waals surface area contributed by atoms with Crippen LogP contribution in [0, 0.1) is 13.8 Å². The van der Waals surface area contributed by atoms with Crippen LogP contribution in [0.4, 0.5) is 0 Å². The molecule has 3 heteroatoms. The maximum Gasteiger partial charge on any atom is 0.138 e. The summed E-state index contributed by atoms with van der Waals surface area (Å²) in [7, 11) is 0. The standard InChI is InChI=1S/C16H20N2O/c1-12-4-3-5-14(10-12)8-9-17-11-15-16(19)7-6-13(2)18-15/h3-7,10,17,19H,8-9,11H2,1-2H3. The van der Waals surface area contributed by atoms with Gasteiger partial charge in [-0.2, -0.15) is 0 Å². The lowest BCUT2D eigenvalue weighted by atomic mass is 10.1. The quantitative estimate of drug-likeness (QED) is 0.809. The maximum absolute atomic E-state index is 9.69. The van der Waals surface area contributed by atoms with Gasteiger partial charge in [0.2, 0.25) is 0 Å². The number of nitrogens with zero attached hydrogens (tertiary/aromatic N) is 1. The van der Waals surface area contributed by atoms with E-state index in [0.717, 1.165) is 18.7 Å². The Hall–Kier alpha value is -1.87. The van der Waals surface area contributed by atoms with E-state index in [1.165, 1.54) is 11.1 Å². The van der Waals surface area contributed by atoms with Gasteiger partial charge in [-0.05, 0) is 44.5 Å². The van der Waals surface area contributed by atoms with Crippen LogP contribution in [0.5, 0.6) is 5.75 Å². The molecule has 0 aliphatic rings. The molecule has 0 unspecified atom stereocenters. The molecule has 0 bridgehead atoms. The van der Waals surface area contributed by atoms with Crippen molar-refractivity contribution in [3.05, 3.63) is 58.9 Å². The molecule has 100 valence electrons. The third-order valence-corrected chi connectivity index (χ3v) is 3.05. The number of benzene rings is 1. The van der Waals surface area contributed by atoms with Gasteiger partial charge in [-0.25, -0.2) is 0 Å². The minimum absolute atomic E-state index is 0.258. The molecule has 2 aromatic rings. The third kappa shape index (κ3) is 4.07. The van der Waals surface area contributed by atoms with E-state index in [4.69, 9.17) is 0 Å². The van der Waals surface area contributed by atoms with Crippen molar-refractivity contribution in [2.45, 2.75) is 26.8 Å². The molecule has 2 rings (SSSR count). The van der Waals surface area contributed by atoms with Gasteiger partial charge >= 0.3 is 0 Å². The normalized spacial score (nSPS) is 10.6. The molecule has 3 nitrogen and oxygen atoms in total. The van der Waals surface area contributed by atoms with E-state index in [1.807, 2.05) is 13.0 Å². The zero-order valence-corrected chi connectivity index (χ0v) is 11.5. The number of hydrogen-bond acceptors (Lipinski definition) is 3. The molecule has 0 saturated heterocycles.